The van der Waals surface area contributed by atoms with E-state index in [1.165, 1.54) is 12.3 Å². The van der Waals surface area contributed by atoms with Crippen LogP contribution < -0.4 is 16.2 Å². The molecule has 1 atom stereocenters. The molecular formula is C28H21Br4N5O5. The van der Waals surface area contributed by atoms with Crippen LogP contribution in [0.4, 0.5) is 5.69 Å². The lowest BCUT2D eigenvalue weighted by Gasteiger charge is -2.17. The maximum absolute atomic E-state index is 13.2. The summed E-state index contributed by atoms with van der Waals surface area (Å²) < 4.78 is 1.51. The summed E-state index contributed by atoms with van der Waals surface area (Å²) in [4.78, 5) is 26.3. The number of carbonyl (C=O) groups excluding carboxylic acids is 2. The highest BCUT2D eigenvalue weighted by molar-refractivity contribution is 9.11. The van der Waals surface area contributed by atoms with Gasteiger partial charge in [-0.25, -0.2) is 10.9 Å². The first kappa shape index (κ1) is 31.5. The molecule has 216 valence electrons. The van der Waals surface area contributed by atoms with Crippen molar-refractivity contribution < 1.29 is 24.9 Å². The first-order chi connectivity index (χ1) is 20.0. The maximum Gasteiger partial charge on any atom is 0.272 e. The van der Waals surface area contributed by atoms with Crippen molar-refractivity contribution in [3.8, 4) is 17.2 Å². The number of amides is 2. The number of anilines is 1. The van der Waals surface area contributed by atoms with Gasteiger partial charge in [0, 0.05) is 21.3 Å². The molecule has 4 aromatic carbocycles. The van der Waals surface area contributed by atoms with Gasteiger partial charge in [-0.3, -0.25) is 9.59 Å². The van der Waals surface area contributed by atoms with Crippen LogP contribution in [0, 0.1) is 6.92 Å². The molecule has 0 aliphatic carbocycles. The second-order valence-electron chi connectivity index (χ2n) is 8.80. The summed E-state index contributed by atoms with van der Waals surface area (Å²) in [6, 6.07) is 14.5. The Bertz CT molecular complexity index is 1680. The minimum atomic E-state index is -1.49. The zero-order valence-corrected chi connectivity index (χ0v) is 27.8. The predicted octanol–water partition coefficient (Wildman–Crippen LogP) is 6.40. The second kappa shape index (κ2) is 13.7. The topological polar surface area (TPSA) is 156 Å². The maximum atomic E-state index is 13.2. The van der Waals surface area contributed by atoms with Gasteiger partial charge < -0.3 is 20.6 Å². The zero-order chi connectivity index (χ0) is 30.6. The van der Waals surface area contributed by atoms with Crippen LogP contribution in [0.3, 0.4) is 0 Å². The van der Waals surface area contributed by atoms with Crippen LogP contribution in [0.5, 0.6) is 17.2 Å². The number of nitrogens with one attached hydrogen (secondary N) is 3. The molecule has 0 spiro atoms. The normalized spacial score (nSPS) is 12.1. The molecule has 4 aromatic rings. The SMILES string of the molecule is Cc1c(Br)cc(/C=N/NC(=O)C(Nc2ccc3ccccc3c2)C(=O)N/N=C/c2cc(Br)c(O)c(Br)c2O)c(O)c1Br. The number of hydrogen-bond acceptors (Lipinski definition) is 8. The summed E-state index contributed by atoms with van der Waals surface area (Å²) in [5.74, 6) is -2.21. The lowest BCUT2D eigenvalue weighted by atomic mass is 10.1. The molecule has 0 aliphatic heterocycles. The van der Waals surface area contributed by atoms with E-state index in [0.29, 0.717) is 20.2 Å². The van der Waals surface area contributed by atoms with Crippen molar-refractivity contribution in [1.29, 1.82) is 0 Å². The molecule has 4 rings (SSSR count). The Morgan fingerprint density at radius 1 is 0.738 bits per heavy atom. The Morgan fingerprint density at radius 3 is 1.90 bits per heavy atom. The molecule has 0 bridgehead atoms. The van der Waals surface area contributed by atoms with E-state index in [1.807, 2.05) is 30.3 Å². The number of phenols is 3. The number of benzene rings is 4. The molecule has 6 N–H and O–H groups in total. The Hall–Kier alpha value is -3.46. The van der Waals surface area contributed by atoms with Crippen LogP contribution in [0.25, 0.3) is 10.8 Å². The third-order valence-corrected chi connectivity index (χ3v) is 9.14. The molecule has 42 heavy (non-hydrogen) atoms. The molecule has 1 unspecified atom stereocenters. The highest BCUT2D eigenvalue weighted by Crippen LogP contribution is 2.40. The zero-order valence-electron chi connectivity index (χ0n) is 21.5. The van der Waals surface area contributed by atoms with Crippen molar-refractivity contribution in [2.45, 2.75) is 13.0 Å². The van der Waals surface area contributed by atoms with Crippen LogP contribution >= 0.6 is 63.7 Å². The second-order valence-corrected chi connectivity index (χ2v) is 12.1. The number of hydrogen-bond donors (Lipinski definition) is 6. The quantitative estimate of drug-likeness (QED) is 0.0687. The van der Waals surface area contributed by atoms with Crippen LogP contribution in [-0.4, -0.2) is 45.6 Å². The van der Waals surface area contributed by atoms with Gasteiger partial charge in [-0.05, 0) is 95.3 Å². The van der Waals surface area contributed by atoms with Crippen molar-refractivity contribution in [3.05, 3.63) is 89.2 Å². The van der Waals surface area contributed by atoms with Crippen molar-refractivity contribution in [2.24, 2.45) is 10.2 Å². The fourth-order valence-electron chi connectivity index (χ4n) is 3.69. The van der Waals surface area contributed by atoms with Gasteiger partial charge in [-0.1, -0.05) is 46.3 Å². The van der Waals surface area contributed by atoms with Gasteiger partial charge in [0.25, 0.3) is 11.8 Å². The average Bonchev–Trinajstić information content (AvgIpc) is 2.98. The fraction of sp³-hybridized carbons (Fsp3) is 0.0714. The molecule has 0 saturated heterocycles. The predicted molar refractivity (Wildman–Crippen MR) is 176 cm³/mol. The largest absolute Gasteiger partial charge is 0.506 e. The smallest absolute Gasteiger partial charge is 0.272 e. The Morgan fingerprint density at radius 2 is 1.29 bits per heavy atom. The monoisotopic (exact) mass is 823 g/mol. The third-order valence-electron chi connectivity index (χ3n) is 5.99. The number of halogens is 4. The lowest BCUT2D eigenvalue weighted by molar-refractivity contribution is -0.130. The lowest BCUT2D eigenvalue weighted by Crippen LogP contribution is -2.47. The molecule has 0 fully saturated rings. The van der Waals surface area contributed by atoms with E-state index in [2.05, 4.69) is 90.1 Å². The number of rotatable bonds is 8. The van der Waals surface area contributed by atoms with Crippen molar-refractivity contribution in [1.82, 2.24) is 10.9 Å². The van der Waals surface area contributed by atoms with Crippen molar-refractivity contribution >= 4 is 104 Å². The molecule has 0 aromatic heterocycles. The first-order valence-electron chi connectivity index (χ1n) is 12.0. The minimum Gasteiger partial charge on any atom is -0.506 e. The Balaban J connectivity index is 1.57. The van der Waals surface area contributed by atoms with Crippen LogP contribution in [0.1, 0.15) is 16.7 Å². The molecule has 0 saturated carbocycles. The number of phenolic OH excluding ortho intramolecular Hbond substituents is 3. The van der Waals surface area contributed by atoms with Gasteiger partial charge in [-0.15, -0.1) is 0 Å². The van der Waals surface area contributed by atoms with E-state index in [1.54, 1.807) is 25.1 Å². The van der Waals surface area contributed by atoms with Crippen LogP contribution in [-0.2, 0) is 9.59 Å². The third kappa shape index (κ3) is 7.12. The first-order valence-corrected chi connectivity index (χ1v) is 15.1. The fourth-order valence-corrected chi connectivity index (χ4v) is 6.00. The standard InChI is InChI=1S/C28H21Br4N5O5/c1-13-19(29)9-16(24(38)21(13)31)11-33-36-27(41)23(35-18-7-6-14-4-2-3-5-15(14)8-18)28(42)37-34-12-17-10-20(30)26(40)22(32)25(17)39/h2-12,23,35,38-40H,1H3,(H,36,41)(H,37,42)/b33-11+,34-12+. The van der Waals surface area contributed by atoms with Gasteiger partial charge in [0.2, 0.25) is 0 Å². The van der Waals surface area contributed by atoms with E-state index in [9.17, 15) is 24.9 Å². The number of nitrogens with zero attached hydrogens (tertiary/aromatic N) is 2. The molecule has 2 amide bonds. The molecule has 0 radical (unpaired) electrons. The summed E-state index contributed by atoms with van der Waals surface area (Å²) in [6.07, 6.45) is 2.40. The molecule has 14 heteroatoms. The Labute approximate surface area is 273 Å². The minimum absolute atomic E-state index is 0.0383. The van der Waals surface area contributed by atoms with E-state index in [4.69, 9.17) is 0 Å². The molecule has 10 nitrogen and oxygen atoms in total. The number of fused-ring (bicyclic) bond motifs is 1. The number of aromatic hydroxyl groups is 3. The van der Waals surface area contributed by atoms with Crippen LogP contribution in [0.2, 0.25) is 0 Å². The van der Waals surface area contributed by atoms with Crippen molar-refractivity contribution in [2.75, 3.05) is 5.32 Å². The summed E-state index contributed by atoms with van der Waals surface area (Å²) in [6.45, 7) is 1.81. The highest BCUT2D eigenvalue weighted by atomic mass is 79.9. The van der Waals surface area contributed by atoms with E-state index >= 15 is 0 Å². The van der Waals surface area contributed by atoms with E-state index in [0.717, 1.165) is 22.6 Å². The summed E-state index contributed by atoms with van der Waals surface area (Å²) >= 11 is 13.0. The molecular weight excluding hydrogens is 806 g/mol. The summed E-state index contributed by atoms with van der Waals surface area (Å²) in [5, 5.41) is 43.1. The summed E-state index contributed by atoms with van der Waals surface area (Å²) in [7, 11) is 0. The van der Waals surface area contributed by atoms with Crippen molar-refractivity contribution in [3.63, 3.8) is 0 Å². The van der Waals surface area contributed by atoms with Gasteiger partial charge in [0.05, 0.1) is 21.4 Å². The average molecular weight is 827 g/mol. The van der Waals surface area contributed by atoms with Crippen LogP contribution in [0.15, 0.2) is 82.7 Å². The van der Waals surface area contributed by atoms with Gasteiger partial charge in [0.1, 0.15) is 21.7 Å². The van der Waals surface area contributed by atoms with Gasteiger partial charge in [-0.2, -0.15) is 10.2 Å². The van der Waals surface area contributed by atoms with E-state index in [-0.39, 0.29) is 31.8 Å². The van der Waals surface area contributed by atoms with Gasteiger partial charge in [0.15, 0.2) is 6.04 Å². The summed E-state index contributed by atoms with van der Waals surface area (Å²) in [5.41, 5.74) is 6.38. The van der Waals surface area contributed by atoms with E-state index < -0.39 is 17.9 Å². The number of carbonyl (C=O) groups is 2. The Kier molecular flexibility index (Phi) is 10.2. The number of hydrazone groups is 2. The molecule has 0 aliphatic rings. The highest BCUT2D eigenvalue weighted by Gasteiger charge is 2.27. The molecule has 0 heterocycles. The van der Waals surface area contributed by atoms with Gasteiger partial charge >= 0.3 is 0 Å².